The molecule has 0 fully saturated rings. The average molecular weight is 334 g/mol. The van der Waals surface area contributed by atoms with E-state index in [4.69, 9.17) is 16.7 Å². The van der Waals surface area contributed by atoms with Crippen LogP contribution in [0.4, 0.5) is 0 Å². The Morgan fingerprint density at radius 2 is 1.90 bits per heavy atom. The maximum absolute atomic E-state index is 12.0. The van der Waals surface area contributed by atoms with E-state index in [0.29, 0.717) is 0 Å². The van der Waals surface area contributed by atoms with Gasteiger partial charge in [0.1, 0.15) is 0 Å². The molecule has 0 aromatic heterocycles. The number of sulfone groups is 1. The monoisotopic (exact) mass is 333 g/mol. The first-order valence-corrected chi connectivity index (χ1v) is 8.23. The molecule has 1 aromatic carbocycles. The van der Waals surface area contributed by atoms with Crippen molar-refractivity contribution in [2.75, 3.05) is 12.8 Å². The van der Waals surface area contributed by atoms with Gasteiger partial charge in [0.15, 0.2) is 9.84 Å². The normalized spacial score (nSPS) is 12.0. The van der Waals surface area contributed by atoms with Crippen LogP contribution in [-0.2, 0) is 14.6 Å². The van der Waals surface area contributed by atoms with Crippen molar-refractivity contribution in [3.63, 3.8) is 0 Å². The molecule has 8 heteroatoms. The maximum Gasteiger partial charge on any atom is 0.310 e. The molecule has 6 nitrogen and oxygen atoms in total. The van der Waals surface area contributed by atoms with Crippen molar-refractivity contribution in [2.45, 2.75) is 18.7 Å². The molecule has 0 bridgehead atoms. The van der Waals surface area contributed by atoms with Crippen LogP contribution in [0, 0.1) is 5.41 Å². The average Bonchev–Trinajstić information content (AvgIpc) is 2.35. The van der Waals surface area contributed by atoms with Gasteiger partial charge in [-0.15, -0.1) is 0 Å². The van der Waals surface area contributed by atoms with Gasteiger partial charge in [-0.05, 0) is 32.0 Å². The predicted molar refractivity (Wildman–Crippen MR) is 78.3 cm³/mol. The maximum atomic E-state index is 12.0. The molecule has 0 unspecified atom stereocenters. The van der Waals surface area contributed by atoms with Crippen LogP contribution < -0.4 is 5.32 Å². The van der Waals surface area contributed by atoms with Crippen LogP contribution >= 0.6 is 11.6 Å². The van der Waals surface area contributed by atoms with Crippen LogP contribution in [0.2, 0.25) is 5.02 Å². The van der Waals surface area contributed by atoms with Gasteiger partial charge < -0.3 is 10.4 Å². The molecule has 1 amide bonds. The summed E-state index contributed by atoms with van der Waals surface area (Å²) in [5, 5.41) is 11.5. The standard InChI is InChI=1S/C13H16ClNO5S/c1-13(2,12(17)18)7-15-11(16)8-4-5-9(14)10(6-8)21(3,19)20/h4-6H,7H2,1-3H3,(H,15,16)(H,17,18). The van der Waals surface area contributed by atoms with Crippen LogP contribution in [0.1, 0.15) is 24.2 Å². The number of hydrogen-bond acceptors (Lipinski definition) is 4. The Morgan fingerprint density at radius 1 is 1.33 bits per heavy atom. The third-order valence-electron chi connectivity index (χ3n) is 2.86. The van der Waals surface area contributed by atoms with Gasteiger partial charge in [0.25, 0.3) is 5.91 Å². The molecule has 116 valence electrons. The minimum Gasteiger partial charge on any atom is -0.481 e. The third kappa shape index (κ3) is 4.44. The fraction of sp³-hybridized carbons (Fsp3) is 0.385. The van der Waals surface area contributed by atoms with E-state index in [0.717, 1.165) is 6.26 Å². The largest absolute Gasteiger partial charge is 0.481 e. The van der Waals surface area contributed by atoms with Crippen LogP contribution in [0.15, 0.2) is 23.1 Å². The van der Waals surface area contributed by atoms with Gasteiger partial charge in [0, 0.05) is 18.4 Å². The van der Waals surface area contributed by atoms with E-state index in [2.05, 4.69) is 5.32 Å². The van der Waals surface area contributed by atoms with E-state index in [1.54, 1.807) is 0 Å². The Morgan fingerprint density at radius 3 is 2.38 bits per heavy atom. The number of amides is 1. The highest BCUT2D eigenvalue weighted by Gasteiger charge is 2.28. The first-order chi connectivity index (χ1) is 9.45. The van der Waals surface area contributed by atoms with Gasteiger partial charge in [-0.2, -0.15) is 0 Å². The highest BCUT2D eigenvalue weighted by Crippen LogP contribution is 2.22. The molecule has 0 radical (unpaired) electrons. The number of carbonyl (C=O) groups excluding carboxylic acids is 1. The zero-order valence-electron chi connectivity index (χ0n) is 11.8. The number of halogens is 1. The van der Waals surface area contributed by atoms with Gasteiger partial charge in [0.2, 0.25) is 0 Å². The smallest absolute Gasteiger partial charge is 0.310 e. The summed E-state index contributed by atoms with van der Waals surface area (Å²) in [6.45, 7) is 2.86. The molecule has 1 rings (SSSR count). The number of hydrogen-bond donors (Lipinski definition) is 2. The molecule has 0 aliphatic carbocycles. The highest BCUT2D eigenvalue weighted by atomic mass is 35.5. The molecule has 0 atom stereocenters. The number of carboxylic acid groups (broad SMARTS) is 1. The topological polar surface area (TPSA) is 101 Å². The number of aliphatic carboxylic acids is 1. The summed E-state index contributed by atoms with van der Waals surface area (Å²) in [6.07, 6.45) is 0.990. The Kier molecular flexibility index (Phi) is 5.01. The molecule has 0 aliphatic rings. The summed E-state index contributed by atoms with van der Waals surface area (Å²) < 4.78 is 23.1. The lowest BCUT2D eigenvalue weighted by Gasteiger charge is -2.19. The van der Waals surface area contributed by atoms with Gasteiger partial charge in [-0.1, -0.05) is 11.6 Å². The summed E-state index contributed by atoms with van der Waals surface area (Å²) in [7, 11) is -3.55. The fourth-order valence-electron chi connectivity index (χ4n) is 1.41. The number of benzene rings is 1. The molecule has 1 aromatic rings. The minimum absolute atomic E-state index is 0.0277. The van der Waals surface area contributed by atoms with Crippen molar-refractivity contribution in [3.8, 4) is 0 Å². The SMILES string of the molecule is CC(C)(CNC(=O)c1ccc(Cl)c(S(C)(=O)=O)c1)C(=O)O. The molecule has 0 saturated carbocycles. The molecular formula is C13H16ClNO5S. The first kappa shape index (κ1) is 17.5. The number of rotatable bonds is 5. The number of carboxylic acids is 1. The van der Waals surface area contributed by atoms with Gasteiger partial charge in [-0.3, -0.25) is 9.59 Å². The second-order valence-corrected chi connectivity index (χ2v) is 7.68. The van der Waals surface area contributed by atoms with Crippen LogP contribution in [-0.4, -0.2) is 38.2 Å². The lowest BCUT2D eigenvalue weighted by Crippen LogP contribution is -2.38. The fourth-order valence-corrected chi connectivity index (χ4v) is 2.71. The third-order valence-corrected chi connectivity index (χ3v) is 4.44. The molecule has 0 heterocycles. The molecular weight excluding hydrogens is 318 g/mol. The minimum atomic E-state index is -3.55. The van der Waals surface area contributed by atoms with Crippen molar-refractivity contribution in [1.82, 2.24) is 5.32 Å². The van der Waals surface area contributed by atoms with Crippen molar-refractivity contribution in [1.29, 1.82) is 0 Å². The van der Waals surface area contributed by atoms with Crippen molar-refractivity contribution < 1.29 is 23.1 Å². The van der Waals surface area contributed by atoms with Gasteiger partial charge in [-0.25, -0.2) is 8.42 Å². The Bertz CT molecular complexity index is 682. The second-order valence-electron chi connectivity index (χ2n) is 5.29. The second kappa shape index (κ2) is 6.03. The van der Waals surface area contributed by atoms with Crippen LogP contribution in [0.25, 0.3) is 0 Å². The van der Waals surface area contributed by atoms with E-state index in [9.17, 15) is 18.0 Å². The van der Waals surface area contributed by atoms with E-state index < -0.39 is 27.1 Å². The summed E-state index contributed by atoms with van der Waals surface area (Å²) in [5.74, 6) is -1.61. The summed E-state index contributed by atoms with van der Waals surface area (Å²) in [5.41, 5.74) is -1.03. The van der Waals surface area contributed by atoms with Gasteiger partial charge in [0.05, 0.1) is 15.3 Å². The summed E-state index contributed by atoms with van der Waals surface area (Å²) in [6, 6.07) is 3.86. The first-order valence-electron chi connectivity index (χ1n) is 5.96. The Hall–Kier alpha value is -1.60. The van der Waals surface area contributed by atoms with Crippen molar-refractivity contribution in [3.05, 3.63) is 28.8 Å². The van der Waals surface area contributed by atoms with Crippen LogP contribution in [0.3, 0.4) is 0 Å². The Balaban J connectivity index is 2.98. The zero-order chi connectivity index (χ0) is 16.4. The molecule has 2 N–H and O–H groups in total. The lowest BCUT2D eigenvalue weighted by molar-refractivity contribution is -0.146. The quantitative estimate of drug-likeness (QED) is 0.852. The van der Waals surface area contributed by atoms with Gasteiger partial charge >= 0.3 is 5.97 Å². The van der Waals surface area contributed by atoms with Crippen molar-refractivity contribution in [2.24, 2.45) is 5.41 Å². The lowest BCUT2D eigenvalue weighted by atomic mass is 9.94. The highest BCUT2D eigenvalue weighted by molar-refractivity contribution is 7.90. The molecule has 0 spiro atoms. The molecule has 0 aliphatic heterocycles. The number of nitrogens with one attached hydrogen (secondary N) is 1. The predicted octanol–water partition coefficient (Wildman–Crippen LogP) is 1.58. The van der Waals surface area contributed by atoms with Crippen LogP contribution in [0.5, 0.6) is 0 Å². The van der Waals surface area contributed by atoms with E-state index in [1.165, 1.54) is 32.0 Å². The van der Waals surface area contributed by atoms with Crippen molar-refractivity contribution >= 4 is 33.3 Å². The molecule has 0 saturated heterocycles. The molecule has 21 heavy (non-hydrogen) atoms. The zero-order valence-corrected chi connectivity index (χ0v) is 13.4. The summed E-state index contributed by atoms with van der Waals surface area (Å²) in [4.78, 5) is 22.8. The number of carbonyl (C=O) groups is 2. The van der Waals surface area contributed by atoms with E-state index >= 15 is 0 Å². The Labute approximate surface area is 128 Å². The van der Waals surface area contributed by atoms with E-state index in [-0.39, 0.29) is 22.0 Å². The summed E-state index contributed by atoms with van der Waals surface area (Å²) >= 11 is 5.79. The van der Waals surface area contributed by atoms with E-state index in [1.807, 2.05) is 0 Å².